The summed E-state index contributed by atoms with van der Waals surface area (Å²) in [6, 6.07) is 3.37. The molecule has 0 bridgehead atoms. The van der Waals surface area contributed by atoms with Gasteiger partial charge in [-0.2, -0.15) is 0 Å². The zero-order valence-electron chi connectivity index (χ0n) is 13.7. The Hall–Kier alpha value is -2.83. The molecule has 0 spiro atoms. The van der Waals surface area contributed by atoms with Crippen LogP contribution in [0.4, 0.5) is 5.69 Å². The Labute approximate surface area is 135 Å². The summed E-state index contributed by atoms with van der Waals surface area (Å²) in [5, 5.41) is 11.1. The molecule has 7 heteroatoms. The number of aromatic nitrogens is 2. The number of methoxy groups -OCH3 is 1. The minimum Gasteiger partial charge on any atom is -0.480 e. The molecule has 122 valence electrons. The highest BCUT2D eigenvalue weighted by molar-refractivity contribution is 6.16. The molecule has 4 N–H and O–H groups in total. The Kier molecular flexibility index (Phi) is 4.68. The van der Waals surface area contributed by atoms with E-state index in [4.69, 9.17) is 15.9 Å². The highest BCUT2D eigenvalue weighted by Gasteiger charge is 2.21. The Morgan fingerprint density at radius 3 is 2.74 bits per heavy atom. The molecule has 23 heavy (non-hydrogen) atoms. The van der Waals surface area contributed by atoms with Crippen molar-refractivity contribution in [2.45, 2.75) is 19.9 Å². The van der Waals surface area contributed by atoms with E-state index in [1.807, 2.05) is 18.4 Å². The maximum atomic E-state index is 12.0. The number of carbonyl (C=O) groups excluding carboxylic acids is 1. The van der Waals surface area contributed by atoms with Crippen molar-refractivity contribution in [2.75, 3.05) is 19.9 Å². The van der Waals surface area contributed by atoms with Gasteiger partial charge in [-0.25, -0.2) is 4.98 Å². The normalized spacial score (nSPS) is 10.7. The van der Waals surface area contributed by atoms with Gasteiger partial charge in [-0.3, -0.25) is 10.2 Å². The summed E-state index contributed by atoms with van der Waals surface area (Å²) in [5.41, 5.74) is 8.03. The molecule has 0 aliphatic carbocycles. The second-order valence-electron chi connectivity index (χ2n) is 5.35. The van der Waals surface area contributed by atoms with Crippen LogP contribution in [0.3, 0.4) is 0 Å². The Morgan fingerprint density at radius 2 is 2.17 bits per heavy atom. The minimum absolute atomic E-state index is 0.0805. The van der Waals surface area contributed by atoms with E-state index in [1.165, 1.54) is 13.3 Å². The summed E-state index contributed by atoms with van der Waals surface area (Å²) in [4.78, 5) is 16.1. The Balaban J connectivity index is 2.55. The van der Waals surface area contributed by atoms with Crippen LogP contribution in [-0.4, -0.2) is 35.3 Å². The molecule has 2 heterocycles. The molecule has 0 atom stereocenters. The van der Waals surface area contributed by atoms with Gasteiger partial charge >= 0.3 is 0 Å². The topological polar surface area (TPSA) is 106 Å². The lowest BCUT2D eigenvalue weighted by atomic mass is 10.0. The lowest BCUT2D eigenvalue weighted by Crippen LogP contribution is -2.22. The van der Waals surface area contributed by atoms with Gasteiger partial charge in [0.25, 0.3) is 5.91 Å². The van der Waals surface area contributed by atoms with Gasteiger partial charge in [-0.1, -0.05) is 0 Å². The zero-order chi connectivity index (χ0) is 17.1. The van der Waals surface area contributed by atoms with Crippen LogP contribution in [0.15, 0.2) is 24.5 Å². The highest BCUT2D eigenvalue weighted by atomic mass is 16.5. The number of nitrogens with zero attached hydrogens (tertiary/aromatic N) is 2. The highest BCUT2D eigenvalue weighted by Crippen LogP contribution is 2.26. The Morgan fingerprint density at radius 1 is 1.48 bits per heavy atom. The number of hydrogen-bond donors (Lipinski definition) is 3. The van der Waals surface area contributed by atoms with Crippen molar-refractivity contribution < 1.29 is 9.53 Å². The van der Waals surface area contributed by atoms with Gasteiger partial charge in [0, 0.05) is 36.7 Å². The number of ether oxygens (including phenoxy) is 1. The molecule has 2 aromatic heterocycles. The summed E-state index contributed by atoms with van der Waals surface area (Å²) < 4.78 is 7.03. The first-order valence-corrected chi connectivity index (χ1v) is 7.22. The fraction of sp³-hybridized carbons (Fsp3) is 0.312. The number of anilines is 1. The molecule has 0 aliphatic rings. The van der Waals surface area contributed by atoms with E-state index in [2.05, 4.69) is 10.3 Å². The maximum absolute atomic E-state index is 12.0. The molecule has 2 aromatic rings. The summed E-state index contributed by atoms with van der Waals surface area (Å²) in [6.45, 7) is 3.94. The third-order valence-corrected chi connectivity index (χ3v) is 3.55. The van der Waals surface area contributed by atoms with Crippen LogP contribution in [0, 0.1) is 5.41 Å². The first-order valence-electron chi connectivity index (χ1n) is 7.22. The SMILES string of the molecule is CNC(=O)c1cc(C(=N)c2c(N)ccnc2OC)cn1C(C)C. The van der Waals surface area contributed by atoms with Gasteiger partial charge in [0.15, 0.2) is 0 Å². The largest absolute Gasteiger partial charge is 0.480 e. The average Bonchev–Trinajstić information content (AvgIpc) is 2.98. The number of nitrogens with two attached hydrogens (primary N) is 1. The van der Waals surface area contributed by atoms with E-state index in [0.717, 1.165) is 0 Å². The number of amides is 1. The number of rotatable bonds is 5. The van der Waals surface area contributed by atoms with Crippen LogP contribution in [0.1, 0.15) is 41.5 Å². The van der Waals surface area contributed by atoms with E-state index in [1.54, 1.807) is 25.4 Å². The van der Waals surface area contributed by atoms with Crippen molar-refractivity contribution in [3.63, 3.8) is 0 Å². The molecular formula is C16H21N5O2. The average molecular weight is 315 g/mol. The summed E-state index contributed by atoms with van der Waals surface area (Å²) >= 11 is 0. The van der Waals surface area contributed by atoms with E-state index in [-0.39, 0.29) is 23.5 Å². The first-order chi connectivity index (χ1) is 10.9. The quantitative estimate of drug-likeness (QED) is 0.732. The van der Waals surface area contributed by atoms with Crippen molar-refractivity contribution in [1.82, 2.24) is 14.9 Å². The van der Waals surface area contributed by atoms with Crippen LogP contribution < -0.4 is 15.8 Å². The van der Waals surface area contributed by atoms with Gasteiger partial charge in [0.2, 0.25) is 5.88 Å². The molecule has 7 nitrogen and oxygen atoms in total. The molecule has 0 saturated heterocycles. The molecule has 0 aromatic carbocycles. The molecule has 2 rings (SSSR count). The number of carbonyl (C=O) groups is 1. The lowest BCUT2D eigenvalue weighted by molar-refractivity contribution is 0.0952. The smallest absolute Gasteiger partial charge is 0.267 e. The molecule has 0 saturated carbocycles. The molecular weight excluding hydrogens is 294 g/mol. The second-order valence-corrected chi connectivity index (χ2v) is 5.35. The molecule has 0 aliphatic heterocycles. The number of hydrogen-bond acceptors (Lipinski definition) is 5. The third kappa shape index (κ3) is 3.03. The van der Waals surface area contributed by atoms with Crippen LogP contribution in [0.25, 0.3) is 0 Å². The molecule has 0 unspecified atom stereocenters. The van der Waals surface area contributed by atoms with Crippen molar-refractivity contribution in [2.24, 2.45) is 0 Å². The van der Waals surface area contributed by atoms with E-state index in [0.29, 0.717) is 22.5 Å². The fourth-order valence-corrected chi connectivity index (χ4v) is 2.36. The predicted octanol–water partition coefficient (Wildman–Crippen LogP) is 1.83. The standard InChI is InChI=1S/C16H21N5O2/c1-9(2)21-8-10(7-12(21)15(22)19-3)14(18)13-11(17)5-6-20-16(13)23-4/h5-9,18H,1-4H3,(H2,17,20)(H,19,22). The van der Waals surface area contributed by atoms with E-state index < -0.39 is 0 Å². The van der Waals surface area contributed by atoms with Crippen LogP contribution >= 0.6 is 0 Å². The summed E-state index contributed by atoms with van der Waals surface area (Å²) in [6.07, 6.45) is 3.30. The number of pyridine rings is 1. The maximum Gasteiger partial charge on any atom is 0.267 e. The monoisotopic (exact) mass is 315 g/mol. The van der Waals surface area contributed by atoms with E-state index in [9.17, 15) is 4.79 Å². The lowest BCUT2D eigenvalue weighted by Gasteiger charge is -2.11. The summed E-state index contributed by atoms with van der Waals surface area (Å²) in [5.74, 6) is 0.0812. The summed E-state index contributed by atoms with van der Waals surface area (Å²) in [7, 11) is 3.06. The van der Waals surface area contributed by atoms with Crippen LogP contribution in [0.5, 0.6) is 5.88 Å². The van der Waals surface area contributed by atoms with E-state index >= 15 is 0 Å². The van der Waals surface area contributed by atoms with Crippen LogP contribution in [0.2, 0.25) is 0 Å². The van der Waals surface area contributed by atoms with Crippen molar-refractivity contribution in [1.29, 1.82) is 5.41 Å². The van der Waals surface area contributed by atoms with Gasteiger partial charge < -0.3 is 20.4 Å². The van der Waals surface area contributed by atoms with Crippen LogP contribution in [-0.2, 0) is 0 Å². The second kappa shape index (κ2) is 6.51. The van der Waals surface area contributed by atoms with Gasteiger partial charge in [0.05, 0.1) is 18.4 Å². The third-order valence-electron chi connectivity index (χ3n) is 3.55. The number of nitrogen functional groups attached to an aromatic ring is 1. The fourth-order valence-electron chi connectivity index (χ4n) is 2.36. The molecule has 1 amide bonds. The minimum atomic E-state index is -0.205. The first kappa shape index (κ1) is 16.5. The zero-order valence-corrected chi connectivity index (χ0v) is 13.7. The van der Waals surface area contributed by atoms with Crippen molar-refractivity contribution in [3.8, 4) is 5.88 Å². The molecule has 0 fully saturated rings. The van der Waals surface area contributed by atoms with Gasteiger partial charge in [-0.15, -0.1) is 0 Å². The predicted molar refractivity (Wildman–Crippen MR) is 89.3 cm³/mol. The van der Waals surface area contributed by atoms with Crippen molar-refractivity contribution >= 4 is 17.3 Å². The van der Waals surface area contributed by atoms with Crippen molar-refractivity contribution in [3.05, 3.63) is 41.3 Å². The van der Waals surface area contributed by atoms with Gasteiger partial charge in [-0.05, 0) is 26.0 Å². The van der Waals surface area contributed by atoms with Gasteiger partial charge in [0.1, 0.15) is 5.69 Å². The molecule has 0 radical (unpaired) electrons. The Bertz CT molecular complexity index is 749. The number of nitrogens with one attached hydrogen (secondary N) is 2.